The van der Waals surface area contributed by atoms with Gasteiger partial charge >= 0.3 is 11.9 Å². The molecular weight excluding hydrogens is 402 g/mol. The molecule has 0 radical (unpaired) electrons. The van der Waals surface area contributed by atoms with Crippen molar-refractivity contribution in [3.63, 3.8) is 0 Å². The molecule has 2 aromatic rings. The van der Waals surface area contributed by atoms with E-state index >= 15 is 0 Å². The fourth-order valence-electron chi connectivity index (χ4n) is 2.31. The molecule has 26 heavy (non-hydrogen) atoms. The summed E-state index contributed by atoms with van der Waals surface area (Å²) in [4.78, 5) is 21.6. The van der Waals surface area contributed by atoms with E-state index in [-0.39, 0.29) is 12.0 Å². The van der Waals surface area contributed by atoms with Crippen molar-refractivity contribution in [1.82, 2.24) is 9.78 Å². The molecule has 0 aliphatic heterocycles. The van der Waals surface area contributed by atoms with E-state index in [0.29, 0.717) is 11.4 Å². The third-order valence-electron chi connectivity index (χ3n) is 3.88. The molecule has 7 nitrogen and oxygen atoms in total. The largest absolute Gasteiger partial charge is 0.480 e. The van der Waals surface area contributed by atoms with E-state index < -0.39 is 16.3 Å². The Kier molecular flexibility index (Phi) is 5.99. The molecule has 1 aromatic heterocycles. The number of carboxylic acid groups (broad SMARTS) is 2. The summed E-state index contributed by atoms with van der Waals surface area (Å²) in [5.74, 6) is -1.50. The topological polar surface area (TPSA) is 118 Å². The summed E-state index contributed by atoms with van der Waals surface area (Å²) < 4.78 is 0.426. The monoisotopic (exact) mass is 419 g/mol. The van der Waals surface area contributed by atoms with Crippen LogP contribution in [-0.4, -0.2) is 36.3 Å². The van der Waals surface area contributed by atoms with E-state index in [9.17, 15) is 9.59 Å². The minimum absolute atomic E-state index is 0.0417. The lowest BCUT2D eigenvalue weighted by Gasteiger charge is -2.26. The fourth-order valence-corrected chi connectivity index (χ4v) is 2.74. The number of halogens is 1. The Balaban J connectivity index is 0.000000189. The number of alkyl halides is 1. The van der Waals surface area contributed by atoms with Crippen LogP contribution in [0.1, 0.15) is 13.3 Å². The van der Waals surface area contributed by atoms with E-state index in [1.54, 1.807) is 23.9 Å². The minimum Gasteiger partial charge on any atom is -0.480 e. The van der Waals surface area contributed by atoms with Crippen LogP contribution in [0.3, 0.4) is 0 Å². The van der Waals surface area contributed by atoms with Gasteiger partial charge in [-0.1, -0.05) is 46.3 Å². The molecule has 1 heterocycles. The zero-order valence-electron chi connectivity index (χ0n) is 14.0. The predicted molar refractivity (Wildman–Crippen MR) is 101 cm³/mol. The van der Waals surface area contributed by atoms with Crippen molar-refractivity contribution in [2.45, 2.75) is 17.7 Å². The van der Waals surface area contributed by atoms with E-state index in [0.717, 1.165) is 5.69 Å². The van der Waals surface area contributed by atoms with Gasteiger partial charge in [0.15, 0.2) is 0 Å². The van der Waals surface area contributed by atoms with Crippen LogP contribution in [0.5, 0.6) is 0 Å². The summed E-state index contributed by atoms with van der Waals surface area (Å²) in [5.41, 5.74) is 7.34. The average molecular weight is 420 g/mol. The molecule has 1 aromatic carbocycles. The molecule has 3 rings (SSSR count). The Morgan fingerprint density at radius 2 is 1.85 bits per heavy atom. The number of hydrogen-bond donors (Lipinski definition) is 3. The molecule has 0 saturated carbocycles. The van der Waals surface area contributed by atoms with Crippen LogP contribution in [0.2, 0.25) is 0 Å². The van der Waals surface area contributed by atoms with Crippen molar-refractivity contribution in [2.24, 2.45) is 0 Å². The number of nitrogen functional groups attached to an aromatic ring is 1. The highest BCUT2D eigenvalue weighted by Crippen LogP contribution is 2.37. The normalized spacial score (nSPS) is 18.8. The van der Waals surface area contributed by atoms with Crippen LogP contribution in [0.15, 0.2) is 65.9 Å². The lowest BCUT2D eigenvalue weighted by molar-refractivity contribution is -0.138. The highest BCUT2D eigenvalue weighted by atomic mass is 79.9. The third-order valence-corrected chi connectivity index (χ3v) is 5.13. The average Bonchev–Trinajstić information content (AvgIpc) is 3.04. The molecule has 1 aliphatic carbocycles. The Morgan fingerprint density at radius 3 is 2.35 bits per heavy atom. The van der Waals surface area contributed by atoms with Crippen LogP contribution in [0, 0.1) is 0 Å². The van der Waals surface area contributed by atoms with E-state index in [1.807, 2.05) is 30.3 Å². The second-order valence-corrected chi connectivity index (χ2v) is 6.99. The number of rotatable bonds is 3. The Morgan fingerprint density at radius 1 is 1.19 bits per heavy atom. The smallest absolute Gasteiger partial charge is 0.331 e. The third kappa shape index (κ3) is 4.20. The summed E-state index contributed by atoms with van der Waals surface area (Å²) in [6.07, 6.45) is 4.58. The van der Waals surface area contributed by atoms with Crippen LogP contribution in [0.4, 0.5) is 5.82 Å². The summed E-state index contributed by atoms with van der Waals surface area (Å²) in [6, 6.07) is 11.6. The first-order valence-corrected chi connectivity index (χ1v) is 8.43. The summed E-state index contributed by atoms with van der Waals surface area (Å²) in [6.45, 7) is 1.65. The number of allylic oxidation sites excluding steroid dienone is 2. The fraction of sp³-hybridized carbons (Fsp3) is 0.167. The first-order valence-electron chi connectivity index (χ1n) is 7.64. The summed E-state index contributed by atoms with van der Waals surface area (Å²) in [7, 11) is 0. The number of benzene rings is 1. The molecule has 1 atom stereocenters. The van der Waals surface area contributed by atoms with Gasteiger partial charge in [-0.05, 0) is 24.6 Å². The SMILES string of the molecule is CC1=CC=C(C(=O)O)CC1(Br)C(=O)O.Nc1ccnn1-c1ccccc1. The standard InChI is InChI=1S/C9H9BrO4.C9H9N3/c1-5-2-3-6(7(11)12)4-9(5,10)8(13)14;10-9-6-7-11-12(9)8-4-2-1-3-5-8/h2-3H,4H2,1H3,(H,11,12)(H,13,14);1-7H,10H2. The van der Waals surface area contributed by atoms with Gasteiger partial charge in [-0.3, -0.25) is 4.79 Å². The maximum atomic E-state index is 10.9. The lowest BCUT2D eigenvalue weighted by atomic mass is 9.88. The van der Waals surface area contributed by atoms with Gasteiger partial charge in [0.2, 0.25) is 0 Å². The van der Waals surface area contributed by atoms with Crippen LogP contribution < -0.4 is 5.73 Å². The van der Waals surface area contributed by atoms with E-state index in [2.05, 4.69) is 21.0 Å². The van der Waals surface area contributed by atoms with Gasteiger partial charge in [0.05, 0.1) is 11.9 Å². The van der Waals surface area contributed by atoms with Crippen LogP contribution >= 0.6 is 15.9 Å². The molecule has 0 saturated heterocycles. The second kappa shape index (κ2) is 8.01. The van der Waals surface area contributed by atoms with Crippen molar-refractivity contribution < 1.29 is 19.8 Å². The molecule has 8 heteroatoms. The number of nitrogens with zero attached hydrogens (tertiary/aromatic N) is 2. The van der Waals surface area contributed by atoms with Crippen LogP contribution in [-0.2, 0) is 9.59 Å². The van der Waals surface area contributed by atoms with Crippen molar-refractivity contribution in [1.29, 1.82) is 0 Å². The van der Waals surface area contributed by atoms with Crippen LogP contribution in [0.25, 0.3) is 5.69 Å². The highest BCUT2D eigenvalue weighted by Gasteiger charge is 2.40. The number of carbonyl (C=O) groups is 2. The van der Waals surface area contributed by atoms with Gasteiger partial charge in [-0.15, -0.1) is 0 Å². The van der Waals surface area contributed by atoms with E-state index in [4.69, 9.17) is 15.9 Å². The molecule has 4 N–H and O–H groups in total. The molecule has 1 aliphatic rings. The molecular formula is C18H18BrN3O4. The number of para-hydroxylation sites is 1. The number of aromatic nitrogens is 2. The maximum Gasteiger partial charge on any atom is 0.331 e. The van der Waals surface area contributed by atoms with Gasteiger partial charge in [0.1, 0.15) is 10.1 Å². The van der Waals surface area contributed by atoms with Gasteiger partial charge < -0.3 is 15.9 Å². The molecule has 136 valence electrons. The number of nitrogens with two attached hydrogens (primary N) is 1. The lowest BCUT2D eigenvalue weighted by Crippen LogP contribution is -2.36. The van der Waals surface area contributed by atoms with Crippen molar-refractivity contribution in [2.75, 3.05) is 5.73 Å². The second-order valence-electron chi connectivity index (χ2n) is 5.63. The Bertz CT molecular complexity index is 874. The molecule has 1 unspecified atom stereocenters. The van der Waals surface area contributed by atoms with Gasteiger partial charge in [0, 0.05) is 18.1 Å². The number of anilines is 1. The predicted octanol–water partition coefficient (Wildman–Crippen LogP) is 3.02. The zero-order valence-corrected chi connectivity index (χ0v) is 15.5. The molecule has 0 fully saturated rings. The van der Waals surface area contributed by atoms with Gasteiger partial charge in [-0.2, -0.15) is 5.10 Å². The molecule has 0 bridgehead atoms. The molecule has 0 spiro atoms. The zero-order chi connectivity index (χ0) is 19.3. The van der Waals surface area contributed by atoms with Crippen molar-refractivity contribution in [3.05, 3.63) is 65.9 Å². The minimum atomic E-state index is -1.27. The van der Waals surface area contributed by atoms with E-state index in [1.165, 1.54) is 12.2 Å². The summed E-state index contributed by atoms with van der Waals surface area (Å²) >= 11 is 3.06. The van der Waals surface area contributed by atoms with Gasteiger partial charge in [-0.25, -0.2) is 9.48 Å². The maximum absolute atomic E-state index is 10.9. The Labute approximate surface area is 158 Å². The Hall–Kier alpha value is -2.87. The van der Waals surface area contributed by atoms with Crippen molar-refractivity contribution >= 4 is 33.7 Å². The number of aliphatic carboxylic acids is 2. The molecule has 0 amide bonds. The van der Waals surface area contributed by atoms with Crippen molar-refractivity contribution in [3.8, 4) is 5.69 Å². The number of hydrogen-bond acceptors (Lipinski definition) is 4. The number of carboxylic acids is 2. The quantitative estimate of drug-likeness (QED) is 0.657. The summed E-state index contributed by atoms with van der Waals surface area (Å²) in [5, 5.41) is 21.8. The first-order chi connectivity index (χ1) is 12.3. The first kappa shape index (κ1) is 19.5. The highest BCUT2D eigenvalue weighted by molar-refractivity contribution is 9.10. The van der Waals surface area contributed by atoms with Gasteiger partial charge in [0.25, 0.3) is 0 Å².